The molecular weight excluding hydrogens is 392 g/mol. The number of hydrogen-bond donors (Lipinski definition) is 2. The molecule has 1 aliphatic rings. The summed E-state index contributed by atoms with van der Waals surface area (Å²) < 4.78 is 6.74. The van der Waals surface area contributed by atoms with Gasteiger partial charge < -0.3 is 15.4 Å². The van der Waals surface area contributed by atoms with Crippen LogP contribution < -0.4 is 15.4 Å². The zero-order valence-corrected chi connectivity index (χ0v) is 16.7. The summed E-state index contributed by atoms with van der Waals surface area (Å²) in [5.74, 6) is 0.659. The van der Waals surface area contributed by atoms with Crippen molar-refractivity contribution in [1.29, 1.82) is 0 Å². The standard InChI is InChI=1S/C21H19ClN4O3/c1-12-19(13-5-3-6-14(22)9-13)20-24-21(28)17(26(20)25-12)11-18(27)23-15-7-4-8-16(10-15)29-2/h3-10,17H,11H2,1-2H3,(H,23,27)(H,24,28). The number of fused-ring (bicyclic) bond motifs is 1. The first kappa shape index (κ1) is 19.0. The molecule has 1 atom stereocenters. The van der Waals surface area contributed by atoms with Crippen molar-refractivity contribution in [3.8, 4) is 16.9 Å². The first-order valence-electron chi connectivity index (χ1n) is 9.06. The third-order valence-electron chi connectivity index (χ3n) is 4.77. The summed E-state index contributed by atoms with van der Waals surface area (Å²) in [6.45, 7) is 1.86. The highest BCUT2D eigenvalue weighted by Gasteiger charge is 2.36. The molecule has 148 valence electrons. The van der Waals surface area contributed by atoms with Crippen molar-refractivity contribution in [2.75, 3.05) is 17.7 Å². The molecule has 0 bridgehead atoms. The van der Waals surface area contributed by atoms with E-state index in [9.17, 15) is 9.59 Å². The second kappa shape index (κ2) is 7.60. The van der Waals surface area contributed by atoms with E-state index in [-0.39, 0.29) is 18.2 Å². The van der Waals surface area contributed by atoms with Crippen molar-refractivity contribution in [3.63, 3.8) is 0 Å². The molecule has 0 radical (unpaired) electrons. The Morgan fingerprint density at radius 1 is 1.28 bits per heavy atom. The number of amides is 2. The number of carbonyl (C=O) groups is 2. The van der Waals surface area contributed by atoms with Gasteiger partial charge in [-0.3, -0.25) is 9.59 Å². The summed E-state index contributed by atoms with van der Waals surface area (Å²) in [6.07, 6.45) is -0.0356. The summed E-state index contributed by atoms with van der Waals surface area (Å²) in [4.78, 5) is 25.1. The van der Waals surface area contributed by atoms with Crippen LogP contribution in [0.5, 0.6) is 5.75 Å². The topological polar surface area (TPSA) is 85.2 Å². The second-order valence-electron chi connectivity index (χ2n) is 6.75. The van der Waals surface area contributed by atoms with Gasteiger partial charge in [0.25, 0.3) is 5.91 Å². The smallest absolute Gasteiger partial charge is 0.251 e. The Morgan fingerprint density at radius 2 is 2.07 bits per heavy atom. The first-order valence-corrected chi connectivity index (χ1v) is 9.44. The summed E-state index contributed by atoms with van der Waals surface area (Å²) in [7, 11) is 1.56. The van der Waals surface area contributed by atoms with Crippen LogP contribution in [0.3, 0.4) is 0 Å². The SMILES string of the molecule is COc1cccc(NC(=O)CC2C(=O)Nc3c(-c4cccc(Cl)c4)c(C)nn32)c1. The molecule has 0 saturated carbocycles. The number of benzene rings is 2. The number of hydrogen-bond acceptors (Lipinski definition) is 4. The molecular formula is C21H19ClN4O3. The number of aryl methyl sites for hydroxylation is 1. The van der Waals surface area contributed by atoms with E-state index in [0.29, 0.717) is 22.3 Å². The van der Waals surface area contributed by atoms with Crippen molar-refractivity contribution in [2.24, 2.45) is 0 Å². The van der Waals surface area contributed by atoms with Gasteiger partial charge in [-0.25, -0.2) is 4.68 Å². The lowest BCUT2D eigenvalue weighted by molar-refractivity contribution is -0.123. The molecule has 2 heterocycles. The van der Waals surface area contributed by atoms with Crippen molar-refractivity contribution < 1.29 is 14.3 Å². The summed E-state index contributed by atoms with van der Waals surface area (Å²) in [6, 6.07) is 13.7. The minimum absolute atomic E-state index is 0.0356. The van der Waals surface area contributed by atoms with Gasteiger partial charge in [0.1, 0.15) is 17.6 Å². The number of carbonyl (C=O) groups excluding carboxylic acids is 2. The van der Waals surface area contributed by atoms with Crippen LogP contribution in [0.2, 0.25) is 5.02 Å². The zero-order valence-electron chi connectivity index (χ0n) is 15.9. The van der Waals surface area contributed by atoms with Gasteiger partial charge in [0.15, 0.2) is 0 Å². The number of anilines is 2. The Bertz CT molecular complexity index is 1110. The average Bonchev–Trinajstić information content (AvgIpc) is 3.15. The predicted octanol–water partition coefficient (Wildman–Crippen LogP) is 4.04. The number of methoxy groups -OCH3 is 1. The quantitative estimate of drug-likeness (QED) is 0.664. The molecule has 8 heteroatoms. The van der Waals surface area contributed by atoms with Crippen molar-refractivity contribution >= 4 is 34.9 Å². The fourth-order valence-electron chi connectivity index (χ4n) is 3.46. The van der Waals surface area contributed by atoms with Crippen LogP contribution in [0, 0.1) is 6.92 Å². The van der Waals surface area contributed by atoms with Gasteiger partial charge in [-0.05, 0) is 36.8 Å². The van der Waals surface area contributed by atoms with Crippen LogP contribution in [0.25, 0.3) is 11.1 Å². The molecule has 0 spiro atoms. The molecule has 7 nitrogen and oxygen atoms in total. The van der Waals surface area contributed by atoms with Crippen LogP contribution in [-0.2, 0) is 9.59 Å². The number of nitrogens with zero attached hydrogens (tertiary/aromatic N) is 2. The Kier molecular flexibility index (Phi) is 4.98. The molecule has 29 heavy (non-hydrogen) atoms. The van der Waals surface area contributed by atoms with Crippen LogP contribution in [0.1, 0.15) is 18.2 Å². The maximum Gasteiger partial charge on any atom is 0.251 e. The molecule has 2 aromatic carbocycles. The normalized spacial score (nSPS) is 15.0. The molecule has 2 amide bonds. The highest BCUT2D eigenvalue weighted by atomic mass is 35.5. The van der Waals surface area contributed by atoms with E-state index in [1.54, 1.807) is 42.1 Å². The third-order valence-corrected chi connectivity index (χ3v) is 5.01. The molecule has 0 fully saturated rings. The molecule has 0 saturated heterocycles. The van der Waals surface area contributed by atoms with E-state index in [1.807, 2.05) is 25.1 Å². The minimum Gasteiger partial charge on any atom is -0.497 e. The minimum atomic E-state index is -0.720. The van der Waals surface area contributed by atoms with Crippen molar-refractivity contribution in [3.05, 3.63) is 59.2 Å². The van der Waals surface area contributed by atoms with Gasteiger partial charge in [-0.2, -0.15) is 5.10 Å². The number of rotatable bonds is 5. The Balaban J connectivity index is 1.57. The van der Waals surface area contributed by atoms with E-state index >= 15 is 0 Å². The maximum absolute atomic E-state index is 12.5. The summed E-state index contributed by atoms with van der Waals surface area (Å²) >= 11 is 6.11. The van der Waals surface area contributed by atoms with Gasteiger partial charge in [0.05, 0.1) is 19.2 Å². The van der Waals surface area contributed by atoms with E-state index < -0.39 is 6.04 Å². The molecule has 2 N–H and O–H groups in total. The van der Waals surface area contributed by atoms with E-state index in [2.05, 4.69) is 15.7 Å². The number of ether oxygens (including phenoxy) is 1. The van der Waals surface area contributed by atoms with Crippen LogP contribution in [0.15, 0.2) is 48.5 Å². The molecule has 3 aromatic rings. The molecule has 1 aliphatic heterocycles. The lowest BCUT2D eigenvalue weighted by Crippen LogP contribution is -2.23. The predicted molar refractivity (Wildman–Crippen MR) is 111 cm³/mol. The number of nitrogens with one attached hydrogen (secondary N) is 2. The van der Waals surface area contributed by atoms with Crippen molar-refractivity contribution in [2.45, 2.75) is 19.4 Å². The highest BCUT2D eigenvalue weighted by Crippen LogP contribution is 2.38. The molecule has 1 aromatic heterocycles. The van der Waals surface area contributed by atoms with Gasteiger partial charge >= 0.3 is 0 Å². The van der Waals surface area contributed by atoms with Crippen LogP contribution in [-0.4, -0.2) is 28.7 Å². The number of aromatic nitrogens is 2. The van der Waals surface area contributed by atoms with Gasteiger partial charge in [0, 0.05) is 22.3 Å². The highest BCUT2D eigenvalue weighted by molar-refractivity contribution is 6.30. The monoisotopic (exact) mass is 410 g/mol. The van der Waals surface area contributed by atoms with E-state index in [1.165, 1.54) is 0 Å². The average molecular weight is 411 g/mol. The lowest BCUT2D eigenvalue weighted by atomic mass is 10.1. The van der Waals surface area contributed by atoms with E-state index in [4.69, 9.17) is 16.3 Å². The van der Waals surface area contributed by atoms with E-state index in [0.717, 1.165) is 16.8 Å². The molecule has 4 rings (SSSR count). The fourth-order valence-corrected chi connectivity index (χ4v) is 3.65. The summed E-state index contributed by atoms with van der Waals surface area (Å²) in [5.41, 5.74) is 3.01. The van der Waals surface area contributed by atoms with Gasteiger partial charge in [0.2, 0.25) is 5.91 Å². The van der Waals surface area contributed by atoms with Crippen LogP contribution >= 0.6 is 11.6 Å². The molecule has 1 unspecified atom stereocenters. The Labute approximate surface area is 172 Å². The third kappa shape index (κ3) is 3.69. The fraction of sp³-hybridized carbons (Fsp3) is 0.190. The van der Waals surface area contributed by atoms with Crippen molar-refractivity contribution in [1.82, 2.24) is 9.78 Å². The van der Waals surface area contributed by atoms with Crippen LogP contribution in [0.4, 0.5) is 11.5 Å². The zero-order chi connectivity index (χ0) is 20.5. The van der Waals surface area contributed by atoms with Gasteiger partial charge in [-0.15, -0.1) is 0 Å². The second-order valence-corrected chi connectivity index (χ2v) is 7.19. The Morgan fingerprint density at radius 3 is 2.83 bits per heavy atom. The maximum atomic E-state index is 12.5. The largest absolute Gasteiger partial charge is 0.497 e. The molecule has 0 aliphatic carbocycles. The number of halogens is 1. The summed E-state index contributed by atoms with van der Waals surface area (Å²) in [5, 5.41) is 10.8. The first-order chi connectivity index (χ1) is 14.0. The Hall–Kier alpha value is -3.32. The lowest BCUT2D eigenvalue weighted by Gasteiger charge is -2.10. The van der Waals surface area contributed by atoms with Gasteiger partial charge in [-0.1, -0.05) is 29.8 Å².